The average Bonchev–Trinajstić information content (AvgIpc) is 2.88. The fraction of sp³-hybridized carbons (Fsp3) is 0.750. The van der Waals surface area contributed by atoms with Crippen molar-refractivity contribution in [3.63, 3.8) is 0 Å². The second-order valence-electron chi connectivity index (χ2n) is 12.3. The maximum atomic E-state index is 15.1. The molecule has 1 aromatic carbocycles. The van der Waals surface area contributed by atoms with Gasteiger partial charge in [0.2, 0.25) is 0 Å². The van der Waals surface area contributed by atoms with Crippen molar-refractivity contribution >= 4 is 0 Å². The van der Waals surface area contributed by atoms with E-state index in [1.807, 2.05) is 6.07 Å². The summed E-state index contributed by atoms with van der Waals surface area (Å²) in [4.78, 5) is 0. The molecule has 0 unspecified atom stereocenters. The van der Waals surface area contributed by atoms with Crippen LogP contribution in [-0.4, -0.2) is 6.18 Å². The van der Waals surface area contributed by atoms with Gasteiger partial charge in [-0.25, -0.2) is 8.78 Å². The van der Waals surface area contributed by atoms with Gasteiger partial charge >= 0.3 is 6.18 Å². The van der Waals surface area contributed by atoms with E-state index in [-0.39, 0.29) is 17.8 Å². The number of alkyl halides is 3. The van der Waals surface area contributed by atoms with Gasteiger partial charge in [0.05, 0.1) is 6.08 Å². The third-order valence-corrected chi connectivity index (χ3v) is 9.90. The van der Waals surface area contributed by atoms with Crippen LogP contribution in [0.5, 0.6) is 0 Å². The van der Waals surface area contributed by atoms with Crippen molar-refractivity contribution < 1.29 is 22.0 Å². The van der Waals surface area contributed by atoms with E-state index in [4.69, 9.17) is 0 Å². The molecule has 3 aliphatic rings. The first-order chi connectivity index (χ1) is 17.7. The predicted molar refractivity (Wildman–Crippen MR) is 141 cm³/mol. The molecule has 0 spiro atoms. The van der Waals surface area contributed by atoms with Crippen molar-refractivity contribution in [2.24, 2.45) is 23.7 Å². The Labute approximate surface area is 220 Å². The normalized spacial score (nSPS) is 31.9. The van der Waals surface area contributed by atoms with Gasteiger partial charge in [0.25, 0.3) is 0 Å². The molecule has 0 bridgehead atoms. The Morgan fingerprint density at radius 2 is 1.41 bits per heavy atom. The lowest BCUT2D eigenvalue weighted by atomic mass is 9.68. The highest BCUT2D eigenvalue weighted by atomic mass is 19.4. The van der Waals surface area contributed by atoms with E-state index in [0.29, 0.717) is 37.2 Å². The van der Waals surface area contributed by atoms with Gasteiger partial charge in [-0.3, -0.25) is 0 Å². The van der Waals surface area contributed by atoms with Crippen LogP contribution in [0, 0.1) is 29.5 Å². The van der Waals surface area contributed by atoms with E-state index in [1.54, 1.807) is 6.07 Å². The van der Waals surface area contributed by atoms with Crippen LogP contribution in [0.2, 0.25) is 0 Å². The van der Waals surface area contributed by atoms with Gasteiger partial charge in [0, 0.05) is 5.92 Å². The maximum absolute atomic E-state index is 15.1. The largest absolute Gasteiger partial charge is 0.412 e. The minimum absolute atomic E-state index is 0.0446. The molecule has 5 heteroatoms. The van der Waals surface area contributed by atoms with Crippen molar-refractivity contribution in [1.82, 2.24) is 0 Å². The minimum atomic E-state index is -4.63. The van der Waals surface area contributed by atoms with Gasteiger partial charge < -0.3 is 0 Å². The zero-order valence-corrected chi connectivity index (χ0v) is 22.5. The first-order valence-electron chi connectivity index (χ1n) is 15.0. The lowest BCUT2D eigenvalue weighted by Gasteiger charge is -2.38. The lowest BCUT2D eigenvalue weighted by Crippen LogP contribution is -2.25. The molecule has 4 rings (SSSR count). The zero-order chi connectivity index (χ0) is 26.4. The molecule has 0 nitrogen and oxygen atoms in total. The lowest BCUT2D eigenvalue weighted by molar-refractivity contribution is -0.0820. The molecule has 1 aromatic rings. The third kappa shape index (κ3) is 8.05. The third-order valence-electron chi connectivity index (χ3n) is 9.90. The highest BCUT2D eigenvalue weighted by molar-refractivity contribution is 5.30. The molecular formula is C32H45F5. The monoisotopic (exact) mass is 524 g/mol. The molecule has 0 aromatic heterocycles. The maximum Gasteiger partial charge on any atom is 0.412 e. The Bertz CT molecular complexity index is 864. The van der Waals surface area contributed by atoms with Crippen molar-refractivity contribution in [3.05, 3.63) is 47.0 Å². The van der Waals surface area contributed by atoms with Crippen molar-refractivity contribution in [2.45, 2.75) is 128 Å². The van der Waals surface area contributed by atoms with Gasteiger partial charge in [-0.2, -0.15) is 13.2 Å². The first-order valence-corrected chi connectivity index (χ1v) is 15.0. The molecule has 0 saturated heterocycles. The molecular weight excluding hydrogens is 479 g/mol. The van der Waals surface area contributed by atoms with Gasteiger partial charge in [0.1, 0.15) is 11.6 Å². The number of allylic oxidation sites excluding steroid dienone is 2. The summed E-state index contributed by atoms with van der Waals surface area (Å²) in [5.74, 6) is 1.05. The molecule has 3 aliphatic carbocycles. The van der Waals surface area contributed by atoms with Crippen LogP contribution >= 0.6 is 0 Å². The van der Waals surface area contributed by atoms with Crippen LogP contribution in [0.4, 0.5) is 22.0 Å². The number of hydrogen-bond acceptors (Lipinski definition) is 0. The van der Waals surface area contributed by atoms with E-state index in [2.05, 4.69) is 13.0 Å². The van der Waals surface area contributed by atoms with Crippen molar-refractivity contribution in [3.8, 4) is 0 Å². The van der Waals surface area contributed by atoms with Gasteiger partial charge in [-0.1, -0.05) is 57.6 Å². The van der Waals surface area contributed by atoms with Gasteiger partial charge in [0.15, 0.2) is 0 Å². The summed E-state index contributed by atoms with van der Waals surface area (Å²) in [6.07, 6.45) is 12.7. The van der Waals surface area contributed by atoms with E-state index in [0.717, 1.165) is 36.2 Å². The molecule has 0 atom stereocenters. The standard InChI is InChI=1S/C32H45F5/c1-2-3-4-5-22-6-8-23(9-7-22)24-10-12-25(13-11-24)28-18-19-29(30(33)20-28)26-14-16-27(17-15-26)31(34)21-32(35,36)37/h18-27H,2-17H2,1H3. The van der Waals surface area contributed by atoms with E-state index in [1.165, 1.54) is 64.2 Å². The summed E-state index contributed by atoms with van der Waals surface area (Å²) in [6, 6.07) is 5.67. The Balaban J connectivity index is 1.24. The Morgan fingerprint density at radius 1 is 0.811 bits per heavy atom. The fourth-order valence-electron chi connectivity index (χ4n) is 7.64. The second kappa shape index (κ2) is 13.1. The highest BCUT2D eigenvalue weighted by Crippen LogP contribution is 2.46. The van der Waals surface area contributed by atoms with E-state index in [9.17, 15) is 17.6 Å². The van der Waals surface area contributed by atoms with Gasteiger partial charge in [-0.05, 0) is 111 Å². The number of hydrogen-bond donors (Lipinski definition) is 0. The Kier molecular flexibility index (Phi) is 10.1. The number of rotatable bonds is 8. The van der Waals surface area contributed by atoms with E-state index < -0.39 is 17.9 Å². The zero-order valence-electron chi connectivity index (χ0n) is 22.5. The Morgan fingerprint density at radius 3 is 1.97 bits per heavy atom. The molecule has 37 heavy (non-hydrogen) atoms. The number of unbranched alkanes of at least 4 members (excludes halogenated alkanes) is 2. The first kappa shape index (κ1) is 28.6. The molecule has 3 saturated carbocycles. The molecule has 0 heterocycles. The topological polar surface area (TPSA) is 0 Å². The smallest absolute Gasteiger partial charge is 0.212 e. The SMILES string of the molecule is CCCCCC1CCC(C2CCC(c3ccc(C4CCC(C(F)=CC(F)(F)F)CC4)c(F)c3)CC2)CC1. The summed E-state index contributed by atoms with van der Waals surface area (Å²) in [5, 5.41) is 0. The molecule has 0 radical (unpaired) electrons. The summed E-state index contributed by atoms with van der Waals surface area (Å²) < 4.78 is 66.5. The molecule has 0 amide bonds. The van der Waals surface area contributed by atoms with Crippen LogP contribution in [0.15, 0.2) is 30.1 Å². The number of benzene rings is 1. The molecule has 208 valence electrons. The van der Waals surface area contributed by atoms with Gasteiger partial charge in [-0.15, -0.1) is 0 Å². The van der Waals surface area contributed by atoms with Crippen LogP contribution in [0.25, 0.3) is 0 Å². The molecule has 3 fully saturated rings. The van der Waals surface area contributed by atoms with E-state index >= 15 is 4.39 Å². The minimum Gasteiger partial charge on any atom is -0.212 e. The summed E-state index contributed by atoms with van der Waals surface area (Å²) in [6.45, 7) is 2.27. The predicted octanol–water partition coefficient (Wildman–Crippen LogP) is 11.2. The van der Waals surface area contributed by atoms with Crippen LogP contribution < -0.4 is 0 Å². The van der Waals surface area contributed by atoms with Crippen molar-refractivity contribution in [1.29, 1.82) is 0 Å². The Hall–Kier alpha value is -1.39. The van der Waals surface area contributed by atoms with Crippen LogP contribution in [-0.2, 0) is 0 Å². The fourth-order valence-corrected chi connectivity index (χ4v) is 7.64. The molecule has 0 N–H and O–H groups in total. The number of halogens is 5. The van der Waals surface area contributed by atoms with Crippen molar-refractivity contribution in [2.75, 3.05) is 0 Å². The van der Waals surface area contributed by atoms with Crippen LogP contribution in [0.1, 0.15) is 133 Å². The highest BCUT2D eigenvalue weighted by Gasteiger charge is 2.33. The summed E-state index contributed by atoms with van der Waals surface area (Å²) in [5.41, 5.74) is 1.74. The average molecular weight is 525 g/mol. The summed E-state index contributed by atoms with van der Waals surface area (Å²) in [7, 11) is 0. The molecule has 0 aliphatic heterocycles. The quantitative estimate of drug-likeness (QED) is 0.234. The summed E-state index contributed by atoms with van der Waals surface area (Å²) >= 11 is 0. The van der Waals surface area contributed by atoms with Crippen LogP contribution in [0.3, 0.4) is 0 Å². The second-order valence-corrected chi connectivity index (χ2v) is 12.3.